The molecule has 4 rings (SSSR count). The van der Waals surface area contributed by atoms with Crippen LogP contribution < -0.4 is 10.1 Å². The lowest BCUT2D eigenvalue weighted by Crippen LogP contribution is -2.06. The van der Waals surface area contributed by atoms with E-state index in [-0.39, 0.29) is 0 Å². The standard InChI is InChI=1S/C23H23N5O2/c1-4-19-21(15(2)28-30-19)22-18(16-9-11-24-12-10-16)14-26-23(27-22)25-13-17-7-5-6-8-20(17)29-3/h5-12,14H,4,13H2,1-3H3,(H,25,26,27). The second-order valence-corrected chi connectivity index (χ2v) is 6.78. The number of aromatic nitrogens is 4. The largest absolute Gasteiger partial charge is 0.496 e. The molecule has 0 atom stereocenters. The fourth-order valence-corrected chi connectivity index (χ4v) is 3.38. The minimum absolute atomic E-state index is 0.524. The maximum absolute atomic E-state index is 5.53. The van der Waals surface area contributed by atoms with Gasteiger partial charge in [0.2, 0.25) is 5.95 Å². The summed E-state index contributed by atoms with van der Waals surface area (Å²) in [6.07, 6.45) is 6.07. The fourth-order valence-electron chi connectivity index (χ4n) is 3.38. The van der Waals surface area contributed by atoms with Crippen molar-refractivity contribution in [3.8, 4) is 28.1 Å². The van der Waals surface area contributed by atoms with Gasteiger partial charge in [-0.1, -0.05) is 30.3 Å². The van der Waals surface area contributed by atoms with Crippen LogP contribution in [0.2, 0.25) is 0 Å². The zero-order valence-corrected chi connectivity index (χ0v) is 17.2. The lowest BCUT2D eigenvalue weighted by molar-refractivity contribution is 0.383. The molecule has 30 heavy (non-hydrogen) atoms. The van der Waals surface area contributed by atoms with E-state index in [0.29, 0.717) is 12.5 Å². The van der Waals surface area contributed by atoms with Crippen LogP contribution in [0.4, 0.5) is 5.95 Å². The summed E-state index contributed by atoms with van der Waals surface area (Å²) < 4.78 is 11.0. The zero-order chi connectivity index (χ0) is 20.9. The third-order valence-corrected chi connectivity index (χ3v) is 4.90. The number of hydrogen-bond acceptors (Lipinski definition) is 7. The summed E-state index contributed by atoms with van der Waals surface area (Å²) in [7, 11) is 1.66. The average Bonchev–Trinajstić information content (AvgIpc) is 3.18. The summed E-state index contributed by atoms with van der Waals surface area (Å²) in [6, 6.07) is 11.8. The molecule has 0 aliphatic carbocycles. The summed E-state index contributed by atoms with van der Waals surface area (Å²) in [5, 5.41) is 7.47. The first-order valence-electron chi connectivity index (χ1n) is 9.80. The van der Waals surface area contributed by atoms with Crippen LogP contribution >= 0.6 is 0 Å². The van der Waals surface area contributed by atoms with Gasteiger partial charge in [0.25, 0.3) is 0 Å². The number of methoxy groups -OCH3 is 1. The van der Waals surface area contributed by atoms with Crippen molar-refractivity contribution < 1.29 is 9.26 Å². The molecule has 3 aromatic heterocycles. The van der Waals surface area contributed by atoms with Gasteiger partial charge < -0.3 is 14.6 Å². The van der Waals surface area contributed by atoms with Gasteiger partial charge in [-0.05, 0) is 30.7 Å². The van der Waals surface area contributed by atoms with E-state index >= 15 is 0 Å². The normalized spacial score (nSPS) is 10.8. The highest BCUT2D eigenvalue weighted by molar-refractivity contribution is 5.82. The lowest BCUT2D eigenvalue weighted by atomic mass is 10.00. The molecular formula is C23H23N5O2. The Morgan fingerprint density at radius 3 is 2.67 bits per heavy atom. The highest BCUT2D eigenvalue weighted by Crippen LogP contribution is 2.35. The predicted octanol–water partition coefficient (Wildman–Crippen LogP) is 4.69. The maximum atomic E-state index is 5.53. The molecule has 0 unspecified atom stereocenters. The van der Waals surface area contributed by atoms with Crippen LogP contribution in [0.25, 0.3) is 22.4 Å². The van der Waals surface area contributed by atoms with Gasteiger partial charge in [-0.2, -0.15) is 0 Å². The summed E-state index contributed by atoms with van der Waals surface area (Å²) in [5.41, 5.74) is 5.41. The van der Waals surface area contributed by atoms with Gasteiger partial charge in [-0.15, -0.1) is 0 Å². The van der Waals surface area contributed by atoms with Crippen molar-refractivity contribution in [3.05, 3.63) is 72.0 Å². The van der Waals surface area contributed by atoms with Crippen molar-refractivity contribution in [2.45, 2.75) is 26.8 Å². The molecule has 0 saturated carbocycles. The Balaban J connectivity index is 1.75. The second-order valence-electron chi connectivity index (χ2n) is 6.78. The van der Waals surface area contributed by atoms with E-state index < -0.39 is 0 Å². The van der Waals surface area contributed by atoms with Crippen molar-refractivity contribution in [1.29, 1.82) is 0 Å². The summed E-state index contributed by atoms with van der Waals surface area (Å²) in [4.78, 5) is 13.5. The van der Waals surface area contributed by atoms with Gasteiger partial charge in [-0.3, -0.25) is 4.98 Å². The minimum atomic E-state index is 0.524. The molecule has 3 heterocycles. The van der Waals surface area contributed by atoms with Crippen LogP contribution in [0.5, 0.6) is 5.75 Å². The van der Waals surface area contributed by atoms with Crippen molar-refractivity contribution in [2.24, 2.45) is 0 Å². The quantitative estimate of drug-likeness (QED) is 0.481. The van der Waals surface area contributed by atoms with Gasteiger partial charge in [0.15, 0.2) is 0 Å². The number of anilines is 1. The first kappa shape index (κ1) is 19.6. The van der Waals surface area contributed by atoms with E-state index in [0.717, 1.165) is 51.6 Å². The van der Waals surface area contributed by atoms with Gasteiger partial charge in [-0.25, -0.2) is 9.97 Å². The number of benzene rings is 1. The number of hydrogen-bond donors (Lipinski definition) is 1. The van der Waals surface area contributed by atoms with Crippen molar-refractivity contribution in [2.75, 3.05) is 12.4 Å². The van der Waals surface area contributed by atoms with Crippen LogP contribution in [0.1, 0.15) is 23.9 Å². The van der Waals surface area contributed by atoms with E-state index in [4.69, 9.17) is 14.2 Å². The van der Waals surface area contributed by atoms with Crippen LogP contribution in [0.15, 0.2) is 59.5 Å². The molecule has 4 aromatic rings. The molecule has 0 amide bonds. The highest BCUT2D eigenvalue weighted by Gasteiger charge is 2.20. The number of aryl methyl sites for hydroxylation is 2. The molecule has 0 aliphatic rings. The van der Waals surface area contributed by atoms with Crippen molar-refractivity contribution >= 4 is 5.95 Å². The average molecular weight is 401 g/mol. The topological polar surface area (TPSA) is 86.0 Å². The summed E-state index contributed by atoms with van der Waals surface area (Å²) >= 11 is 0. The Kier molecular flexibility index (Phi) is 5.70. The van der Waals surface area contributed by atoms with E-state index in [1.165, 1.54) is 0 Å². The number of rotatable bonds is 7. The third kappa shape index (κ3) is 3.87. The number of para-hydroxylation sites is 1. The molecule has 1 aromatic carbocycles. The van der Waals surface area contributed by atoms with Gasteiger partial charge in [0.05, 0.1) is 24.1 Å². The number of ether oxygens (including phenoxy) is 1. The van der Waals surface area contributed by atoms with E-state index in [1.807, 2.05) is 56.4 Å². The van der Waals surface area contributed by atoms with Crippen LogP contribution in [0, 0.1) is 6.92 Å². The molecular weight excluding hydrogens is 378 g/mol. The summed E-state index contributed by atoms with van der Waals surface area (Å²) in [6.45, 7) is 4.51. The maximum Gasteiger partial charge on any atom is 0.223 e. The number of pyridine rings is 1. The molecule has 0 spiro atoms. The smallest absolute Gasteiger partial charge is 0.223 e. The van der Waals surface area contributed by atoms with E-state index in [2.05, 4.69) is 20.4 Å². The van der Waals surface area contributed by atoms with Gasteiger partial charge >= 0.3 is 0 Å². The third-order valence-electron chi connectivity index (χ3n) is 4.90. The van der Waals surface area contributed by atoms with Gasteiger partial charge in [0, 0.05) is 42.7 Å². The van der Waals surface area contributed by atoms with Crippen LogP contribution in [-0.4, -0.2) is 27.2 Å². The van der Waals surface area contributed by atoms with Crippen molar-refractivity contribution in [1.82, 2.24) is 20.1 Å². The molecule has 7 heteroatoms. The second kappa shape index (κ2) is 8.73. The highest BCUT2D eigenvalue weighted by atomic mass is 16.5. The summed E-state index contributed by atoms with van der Waals surface area (Å²) in [5.74, 6) is 2.15. The molecule has 0 saturated heterocycles. The Labute approximate surface area is 175 Å². The molecule has 0 bridgehead atoms. The predicted molar refractivity (Wildman–Crippen MR) is 115 cm³/mol. The Bertz CT molecular complexity index is 1140. The fraction of sp³-hybridized carbons (Fsp3) is 0.217. The molecule has 0 radical (unpaired) electrons. The molecule has 7 nitrogen and oxygen atoms in total. The van der Waals surface area contributed by atoms with E-state index in [1.54, 1.807) is 19.5 Å². The Morgan fingerprint density at radius 2 is 1.90 bits per heavy atom. The minimum Gasteiger partial charge on any atom is -0.496 e. The Morgan fingerprint density at radius 1 is 1.10 bits per heavy atom. The van der Waals surface area contributed by atoms with Crippen molar-refractivity contribution in [3.63, 3.8) is 0 Å². The molecule has 152 valence electrons. The first-order chi connectivity index (χ1) is 14.7. The zero-order valence-electron chi connectivity index (χ0n) is 17.2. The molecule has 0 aliphatic heterocycles. The van der Waals surface area contributed by atoms with Crippen LogP contribution in [-0.2, 0) is 13.0 Å². The first-order valence-corrected chi connectivity index (χ1v) is 9.80. The Hall–Kier alpha value is -3.74. The number of nitrogens with zero attached hydrogens (tertiary/aromatic N) is 4. The van der Waals surface area contributed by atoms with Crippen LogP contribution in [0.3, 0.4) is 0 Å². The SMILES string of the molecule is CCc1onc(C)c1-c1nc(NCc2ccccc2OC)ncc1-c1ccncc1. The van der Waals surface area contributed by atoms with E-state index in [9.17, 15) is 0 Å². The lowest BCUT2D eigenvalue weighted by Gasteiger charge is -2.13. The molecule has 1 N–H and O–H groups in total. The molecule has 0 fully saturated rings. The monoisotopic (exact) mass is 401 g/mol. The van der Waals surface area contributed by atoms with Gasteiger partial charge in [0.1, 0.15) is 11.5 Å². The number of nitrogens with one attached hydrogen (secondary N) is 1.